The fraction of sp³-hybridized carbons (Fsp3) is 0.444. The Labute approximate surface area is 186 Å². The molecule has 0 spiro atoms. The van der Waals surface area contributed by atoms with E-state index in [1.807, 2.05) is 0 Å². The molecule has 1 saturated carbocycles. The summed E-state index contributed by atoms with van der Waals surface area (Å²) in [5.74, 6) is -3.81. The maximum atomic E-state index is 12.6. The monoisotopic (exact) mass is 480 g/mol. The van der Waals surface area contributed by atoms with E-state index in [0.29, 0.717) is 17.7 Å². The number of carbonyl (C=O) groups excluding carboxylic acids is 3. The van der Waals surface area contributed by atoms with Crippen molar-refractivity contribution in [3.63, 3.8) is 0 Å². The van der Waals surface area contributed by atoms with Crippen LogP contribution in [0.2, 0.25) is 20.1 Å². The summed E-state index contributed by atoms with van der Waals surface area (Å²) in [5.41, 5.74) is -0.385. The number of amides is 3. The number of benzene rings is 1. The summed E-state index contributed by atoms with van der Waals surface area (Å²) < 4.78 is 0. The largest absolute Gasteiger partial charge is 0.481 e. The lowest BCUT2D eigenvalue weighted by Crippen LogP contribution is -2.43. The van der Waals surface area contributed by atoms with Gasteiger partial charge in [-0.2, -0.15) is 0 Å². The molecule has 0 radical (unpaired) electrons. The molecule has 11 heteroatoms. The Bertz CT molecular complexity index is 873. The Morgan fingerprint density at radius 3 is 1.97 bits per heavy atom. The number of carboxylic acids is 1. The average molecular weight is 482 g/mol. The normalized spacial score (nSPS) is 21.3. The number of nitrogens with zero attached hydrogens (tertiary/aromatic N) is 1. The summed E-state index contributed by atoms with van der Waals surface area (Å²) >= 11 is 24.0. The van der Waals surface area contributed by atoms with Crippen molar-refractivity contribution in [2.75, 3.05) is 13.1 Å². The van der Waals surface area contributed by atoms with Crippen molar-refractivity contribution in [2.45, 2.75) is 25.7 Å². The first-order valence-electron chi connectivity index (χ1n) is 8.86. The van der Waals surface area contributed by atoms with Gasteiger partial charge in [0.1, 0.15) is 6.54 Å². The quantitative estimate of drug-likeness (QED) is 0.377. The summed E-state index contributed by atoms with van der Waals surface area (Å²) in [6, 6.07) is 0. The maximum absolute atomic E-state index is 12.6. The lowest BCUT2D eigenvalue weighted by Gasteiger charge is -2.28. The van der Waals surface area contributed by atoms with Crippen LogP contribution in [0.3, 0.4) is 0 Å². The summed E-state index contributed by atoms with van der Waals surface area (Å²) in [6.07, 6.45) is 2.98. The Morgan fingerprint density at radius 2 is 1.45 bits per heavy atom. The number of hydrogen-bond acceptors (Lipinski definition) is 4. The Hall–Kier alpha value is -1.54. The van der Waals surface area contributed by atoms with Gasteiger partial charge in [0, 0.05) is 6.54 Å². The molecule has 0 aromatic heterocycles. The van der Waals surface area contributed by atoms with Crippen LogP contribution >= 0.6 is 46.4 Å². The van der Waals surface area contributed by atoms with E-state index in [9.17, 15) is 24.3 Å². The van der Waals surface area contributed by atoms with Gasteiger partial charge in [0.2, 0.25) is 5.91 Å². The lowest BCUT2D eigenvalue weighted by atomic mass is 9.79. The number of carbonyl (C=O) groups is 4. The van der Waals surface area contributed by atoms with Crippen LogP contribution in [0, 0.1) is 11.8 Å². The molecule has 1 aliphatic heterocycles. The highest BCUT2D eigenvalue weighted by Crippen LogP contribution is 2.44. The predicted molar refractivity (Wildman–Crippen MR) is 108 cm³/mol. The van der Waals surface area contributed by atoms with E-state index in [-0.39, 0.29) is 43.7 Å². The minimum absolute atomic E-state index is 0.151. The molecular formula is C18H16Cl4N2O5. The number of carboxylic acid groups (broad SMARTS) is 1. The van der Waals surface area contributed by atoms with Crippen molar-refractivity contribution >= 4 is 70.1 Å². The number of rotatable bonds is 5. The average Bonchev–Trinajstić information content (AvgIpc) is 2.94. The SMILES string of the molecule is O=C(CN1C(=O)c2c(Cl)c(Cl)c(Cl)c(Cl)c2C1=O)NC[C@@H]1CCCC[C@@H]1C(=O)O. The molecule has 1 heterocycles. The smallest absolute Gasteiger partial charge is 0.306 e. The highest BCUT2D eigenvalue weighted by molar-refractivity contribution is 6.55. The van der Waals surface area contributed by atoms with Gasteiger partial charge in [-0.05, 0) is 18.8 Å². The van der Waals surface area contributed by atoms with E-state index in [1.54, 1.807) is 0 Å². The van der Waals surface area contributed by atoms with Gasteiger partial charge in [0.25, 0.3) is 11.8 Å². The number of fused-ring (bicyclic) bond motifs is 1. The molecule has 1 aromatic carbocycles. The minimum Gasteiger partial charge on any atom is -0.481 e. The van der Waals surface area contributed by atoms with Crippen LogP contribution in [0.15, 0.2) is 0 Å². The number of hydrogen-bond donors (Lipinski definition) is 2. The van der Waals surface area contributed by atoms with Crippen LogP contribution in [-0.2, 0) is 9.59 Å². The maximum Gasteiger partial charge on any atom is 0.306 e. The minimum atomic E-state index is -0.887. The molecule has 0 unspecified atom stereocenters. The van der Waals surface area contributed by atoms with Crippen molar-refractivity contribution in [1.82, 2.24) is 10.2 Å². The van der Waals surface area contributed by atoms with Crippen LogP contribution < -0.4 is 5.32 Å². The molecular weight excluding hydrogens is 466 g/mol. The van der Waals surface area contributed by atoms with Gasteiger partial charge < -0.3 is 10.4 Å². The van der Waals surface area contributed by atoms with Crippen LogP contribution in [0.25, 0.3) is 0 Å². The molecule has 2 N–H and O–H groups in total. The van der Waals surface area contributed by atoms with Crippen molar-refractivity contribution in [1.29, 1.82) is 0 Å². The molecule has 156 valence electrons. The first-order chi connectivity index (χ1) is 13.6. The second kappa shape index (κ2) is 8.68. The van der Waals surface area contributed by atoms with Gasteiger partial charge in [-0.3, -0.25) is 24.1 Å². The summed E-state index contributed by atoms with van der Waals surface area (Å²) in [6.45, 7) is -0.406. The first kappa shape index (κ1) is 22.2. The molecule has 3 rings (SSSR count). The van der Waals surface area contributed by atoms with E-state index in [4.69, 9.17) is 46.4 Å². The number of aliphatic carboxylic acids is 1. The molecule has 0 saturated heterocycles. The molecule has 7 nitrogen and oxygen atoms in total. The fourth-order valence-electron chi connectivity index (χ4n) is 3.76. The number of halogens is 4. The highest BCUT2D eigenvalue weighted by atomic mass is 35.5. The van der Waals surface area contributed by atoms with Crippen molar-refractivity contribution in [3.05, 3.63) is 31.2 Å². The highest BCUT2D eigenvalue weighted by Gasteiger charge is 2.42. The van der Waals surface area contributed by atoms with Gasteiger partial charge in [-0.15, -0.1) is 0 Å². The molecule has 0 bridgehead atoms. The standard InChI is InChI=1S/C18H16Cl4N2O5/c19-12-10-11(13(20)15(22)14(12)21)17(27)24(16(10)26)6-9(25)23-5-7-3-1-2-4-8(7)18(28)29/h7-8H,1-6H2,(H,23,25)(H,28,29)/t7-,8-/m0/s1. The Morgan fingerprint density at radius 1 is 0.931 bits per heavy atom. The third kappa shape index (κ3) is 4.06. The van der Waals surface area contributed by atoms with Crippen molar-refractivity contribution < 1.29 is 24.3 Å². The Balaban J connectivity index is 1.71. The summed E-state index contributed by atoms with van der Waals surface area (Å²) in [5, 5.41) is 11.2. The first-order valence-corrected chi connectivity index (χ1v) is 10.4. The van der Waals surface area contributed by atoms with Crippen LogP contribution in [0.1, 0.15) is 46.4 Å². The van der Waals surface area contributed by atoms with E-state index in [0.717, 1.165) is 12.8 Å². The topological polar surface area (TPSA) is 104 Å². The molecule has 1 aliphatic carbocycles. The molecule has 1 aromatic rings. The second-order valence-electron chi connectivity index (χ2n) is 7.00. The predicted octanol–water partition coefficient (Wildman–Crippen LogP) is 3.90. The molecule has 2 aliphatic rings. The van der Waals surface area contributed by atoms with Crippen molar-refractivity contribution in [3.8, 4) is 0 Å². The summed E-state index contributed by atoms with van der Waals surface area (Å²) in [7, 11) is 0. The van der Waals surface area contributed by atoms with E-state index in [2.05, 4.69) is 5.32 Å². The zero-order valence-electron chi connectivity index (χ0n) is 14.9. The van der Waals surface area contributed by atoms with E-state index in [1.165, 1.54) is 0 Å². The molecule has 2 atom stereocenters. The van der Waals surface area contributed by atoms with Crippen molar-refractivity contribution in [2.24, 2.45) is 11.8 Å². The summed E-state index contributed by atoms with van der Waals surface area (Å²) in [4.78, 5) is 49.7. The molecule has 1 fully saturated rings. The van der Waals surface area contributed by atoms with Gasteiger partial charge >= 0.3 is 5.97 Å². The Kier molecular flexibility index (Phi) is 6.63. The van der Waals surface area contributed by atoms with Gasteiger partial charge in [0.05, 0.1) is 37.1 Å². The number of nitrogens with one attached hydrogen (secondary N) is 1. The second-order valence-corrected chi connectivity index (χ2v) is 8.51. The zero-order chi connectivity index (χ0) is 21.5. The number of imide groups is 1. The van der Waals surface area contributed by atoms with E-state index >= 15 is 0 Å². The van der Waals surface area contributed by atoms with E-state index < -0.39 is 36.2 Å². The fourth-order valence-corrected chi connectivity index (χ4v) is 4.77. The van der Waals surface area contributed by atoms with Crippen LogP contribution in [0.4, 0.5) is 0 Å². The third-order valence-electron chi connectivity index (χ3n) is 5.27. The lowest BCUT2D eigenvalue weighted by molar-refractivity contribution is -0.145. The zero-order valence-corrected chi connectivity index (χ0v) is 18.0. The van der Waals surface area contributed by atoms with Gasteiger partial charge in [-0.25, -0.2) is 0 Å². The van der Waals surface area contributed by atoms with Crippen LogP contribution in [0.5, 0.6) is 0 Å². The molecule has 3 amide bonds. The van der Waals surface area contributed by atoms with Gasteiger partial charge in [0.15, 0.2) is 0 Å². The molecule has 29 heavy (non-hydrogen) atoms. The van der Waals surface area contributed by atoms with Crippen LogP contribution in [-0.4, -0.2) is 46.8 Å². The van der Waals surface area contributed by atoms with Gasteiger partial charge in [-0.1, -0.05) is 59.2 Å². The third-order valence-corrected chi connectivity index (χ3v) is 7.08.